The molecule has 0 N–H and O–H groups in total. The fourth-order valence-electron chi connectivity index (χ4n) is 11.6. The summed E-state index contributed by atoms with van der Waals surface area (Å²) in [7, 11) is 10.0. The predicted molar refractivity (Wildman–Crippen MR) is 310 cm³/mol. The average molecular weight is 1050 g/mol. The molecule has 8 aromatic carbocycles. The molecule has 8 aromatic rings. The second-order valence-corrected chi connectivity index (χ2v) is 19.7. The van der Waals surface area contributed by atoms with Crippen LogP contribution in [-0.4, -0.2) is 82.3 Å². The van der Waals surface area contributed by atoms with Crippen LogP contribution >= 0.6 is 0 Å². The Morgan fingerprint density at radius 2 is 0.538 bits per heavy atom. The van der Waals surface area contributed by atoms with E-state index in [0.717, 1.165) is 22.3 Å². The van der Waals surface area contributed by atoms with Crippen molar-refractivity contribution < 1.29 is 47.4 Å². The molecule has 10 heteroatoms. The molecule has 10 nitrogen and oxygen atoms in total. The predicted octanol–water partition coefficient (Wildman–Crippen LogP) is 14.2. The minimum Gasteiger partial charge on any atom is -0.493 e. The molecule has 0 aliphatic heterocycles. The highest BCUT2D eigenvalue weighted by Crippen LogP contribution is 2.60. The summed E-state index contributed by atoms with van der Waals surface area (Å²) in [5, 5.41) is 0. The molecule has 0 atom stereocenters. The molecule has 0 amide bonds. The maximum atomic E-state index is 6.07. The zero-order chi connectivity index (χ0) is 55.1. The van der Waals surface area contributed by atoms with E-state index in [1.54, 1.807) is 42.7 Å². The van der Waals surface area contributed by atoms with Gasteiger partial charge in [0.15, 0.2) is 46.0 Å². The summed E-state index contributed by atoms with van der Waals surface area (Å²) in [5.41, 5.74) is 17.7. The molecule has 10 rings (SSSR count). The molecule has 78 heavy (non-hydrogen) atoms. The Bertz CT molecular complexity index is 3200. The van der Waals surface area contributed by atoms with Crippen molar-refractivity contribution in [3.8, 4) is 68.2 Å². The van der Waals surface area contributed by atoms with Crippen molar-refractivity contribution in [1.82, 2.24) is 0 Å². The van der Waals surface area contributed by atoms with E-state index in [2.05, 4.69) is 149 Å². The number of hydrogen-bond acceptors (Lipinski definition) is 10. The van der Waals surface area contributed by atoms with E-state index in [1.807, 2.05) is 38.1 Å². The largest absolute Gasteiger partial charge is 0.493 e. The Morgan fingerprint density at radius 3 is 0.795 bits per heavy atom. The van der Waals surface area contributed by atoms with Gasteiger partial charge in [-0.25, -0.2) is 0 Å². The van der Waals surface area contributed by atoms with Crippen LogP contribution in [0, 0.1) is 27.7 Å². The van der Waals surface area contributed by atoms with Crippen LogP contribution in [0.5, 0.6) is 46.0 Å². The van der Waals surface area contributed by atoms with Gasteiger partial charge in [0.1, 0.15) is 13.2 Å². The van der Waals surface area contributed by atoms with E-state index in [1.165, 1.54) is 66.8 Å². The quantitative estimate of drug-likeness (QED) is 0.0687. The smallest absolute Gasteiger partial charge is 0.161 e. The number of aryl methyl sites for hydroxylation is 4. The molecule has 404 valence electrons. The van der Waals surface area contributed by atoms with Gasteiger partial charge in [-0.2, -0.15) is 0 Å². The molecule has 0 saturated heterocycles. The van der Waals surface area contributed by atoms with Crippen molar-refractivity contribution in [1.29, 1.82) is 0 Å². The van der Waals surface area contributed by atoms with Crippen LogP contribution < -0.4 is 37.9 Å². The van der Waals surface area contributed by atoms with Gasteiger partial charge >= 0.3 is 0 Å². The van der Waals surface area contributed by atoms with Gasteiger partial charge in [-0.05, 0) is 157 Å². The van der Waals surface area contributed by atoms with Crippen LogP contribution in [0.3, 0.4) is 0 Å². The van der Waals surface area contributed by atoms with Crippen LogP contribution in [0.2, 0.25) is 0 Å². The van der Waals surface area contributed by atoms with E-state index in [4.69, 9.17) is 47.4 Å². The minimum absolute atomic E-state index is 0.445. The molecule has 0 radical (unpaired) electrons. The van der Waals surface area contributed by atoms with Crippen molar-refractivity contribution in [2.24, 2.45) is 0 Å². The van der Waals surface area contributed by atoms with Gasteiger partial charge in [0.25, 0.3) is 0 Å². The lowest BCUT2D eigenvalue weighted by molar-refractivity contribution is 0.109. The number of hydrogen-bond donors (Lipinski definition) is 0. The highest BCUT2D eigenvalue weighted by atomic mass is 16.5. The van der Waals surface area contributed by atoms with E-state index >= 15 is 0 Å². The molecule has 0 unspecified atom stereocenters. The Morgan fingerprint density at radius 1 is 0.282 bits per heavy atom. The molecule has 0 fully saturated rings. The zero-order valence-corrected chi connectivity index (χ0v) is 47.2. The van der Waals surface area contributed by atoms with Crippen molar-refractivity contribution in [2.45, 2.75) is 52.4 Å². The fraction of sp³-hybridized carbons (Fsp3) is 0.294. The molecule has 0 bridgehead atoms. The molecule has 0 spiro atoms. The summed E-state index contributed by atoms with van der Waals surface area (Å²) >= 11 is 0. The summed E-state index contributed by atoms with van der Waals surface area (Å²) in [5.74, 6) is 5.50. The molecule has 2 aliphatic carbocycles. The number of ether oxygens (including phenoxy) is 10. The monoisotopic (exact) mass is 1050 g/mol. The second kappa shape index (κ2) is 23.8. The van der Waals surface area contributed by atoms with Gasteiger partial charge in [-0.1, -0.05) is 119 Å². The molecule has 0 saturated carbocycles. The van der Waals surface area contributed by atoms with E-state index in [9.17, 15) is 0 Å². The Kier molecular flexibility index (Phi) is 16.7. The van der Waals surface area contributed by atoms with E-state index in [-0.39, 0.29) is 0 Å². The lowest BCUT2D eigenvalue weighted by Crippen LogP contribution is -2.29. The van der Waals surface area contributed by atoms with Gasteiger partial charge in [-0.15, -0.1) is 0 Å². The van der Waals surface area contributed by atoms with Crippen molar-refractivity contribution in [3.63, 3.8) is 0 Å². The number of methoxy groups -OCH3 is 6. The Labute approximate surface area is 460 Å². The Hall–Kier alpha value is -7.92. The van der Waals surface area contributed by atoms with E-state index < -0.39 is 10.8 Å². The van der Waals surface area contributed by atoms with Gasteiger partial charge in [0, 0.05) is 13.2 Å². The maximum Gasteiger partial charge on any atom is 0.161 e. The first-order valence-electron chi connectivity index (χ1n) is 26.6. The third-order valence-electron chi connectivity index (χ3n) is 15.1. The second-order valence-electron chi connectivity index (χ2n) is 19.7. The number of rotatable bonds is 20. The molecule has 2 aliphatic rings. The first-order chi connectivity index (χ1) is 37.9. The topological polar surface area (TPSA) is 92.3 Å². The summed E-state index contributed by atoms with van der Waals surface area (Å²) in [6.45, 7) is 15.8. The number of benzene rings is 8. The molecule has 0 heterocycles. The van der Waals surface area contributed by atoms with Crippen molar-refractivity contribution in [3.05, 3.63) is 212 Å². The summed E-state index contributed by atoms with van der Waals surface area (Å²) in [6, 6.07) is 51.9. The van der Waals surface area contributed by atoms with Crippen molar-refractivity contribution >= 4 is 0 Å². The van der Waals surface area contributed by atoms with Crippen LogP contribution in [-0.2, 0) is 20.3 Å². The third kappa shape index (κ3) is 9.88. The number of fused-ring (bicyclic) bond motifs is 6. The average Bonchev–Trinajstić information content (AvgIpc) is 2.99. The zero-order valence-electron chi connectivity index (χ0n) is 47.2. The summed E-state index contributed by atoms with van der Waals surface area (Å²) in [6.07, 6.45) is 0. The third-order valence-corrected chi connectivity index (χ3v) is 15.1. The van der Waals surface area contributed by atoms with Gasteiger partial charge in [0.2, 0.25) is 0 Å². The first-order valence-corrected chi connectivity index (χ1v) is 26.6. The highest BCUT2D eigenvalue weighted by Gasteiger charge is 2.49. The highest BCUT2D eigenvalue weighted by molar-refractivity contribution is 5.89. The van der Waals surface area contributed by atoms with Gasteiger partial charge in [0.05, 0.1) is 66.7 Å². The van der Waals surface area contributed by atoms with E-state index in [0.29, 0.717) is 85.6 Å². The lowest BCUT2D eigenvalue weighted by atomic mass is 9.67. The summed E-state index contributed by atoms with van der Waals surface area (Å²) in [4.78, 5) is 0. The molecular formula is C68H72O10. The maximum absolute atomic E-state index is 6.07. The standard InChI is InChI=1S/C37H42O6.C31H30O4/c1-7-40-17-19-42-33-15-11-27(23-35(33)38-5)37(28-12-16-34(36(24-28)39-6)43-20-18-41-8-2)31-21-25(3)9-13-29(31)30-14-10-26(4)22-32(30)37;1-19-7-11-23-24-12-8-20(2)16-26(24)31(25(23)15-19,21-9-13-27(32-3)29(17-21)34-5)22-10-14-28(33-4)30(18-22)35-6/h9-16,21-24H,7-8,17-20H2,1-6H3;7-18H,1-6H3. The lowest BCUT2D eigenvalue weighted by Gasteiger charge is -2.35. The Balaban J connectivity index is 0.000000193. The minimum atomic E-state index is -0.642. The fourth-order valence-corrected chi connectivity index (χ4v) is 11.6. The van der Waals surface area contributed by atoms with Crippen LogP contribution in [0.25, 0.3) is 22.3 Å². The molecular weight excluding hydrogens is 977 g/mol. The molecule has 0 aromatic heterocycles. The first kappa shape index (κ1) is 54.9. The van der Waals surface area contributed by atoms with Gasteiger partial charge in [-0.3, -0.25) is 0 Å². The van der Waals surface area contributed by atoms with Crippen LogP contribution in [0.4, 0.5) is 0 Å². The van der Waals surface area contributed by atoms with Crippen LogP contribution in [0.1, 0.15) is 80.6 Å². The normalized spacial score (nSPS) is 13.0. The summed E-state index contributed by atoms with van der Waals surface area (Å²) < 4.78 is 57.6. The SMILES string of the molecule is CCOCCOc1ccc(C2(c3ccc(OCCOCC)c(OC)c3)c3cc(C)ccc3-c3ccc(C)cc32)cc1OC.COc1ccc(C2(c3ccc(OC)c(OC)c3)c3cc(C)ccc3-c3ccc(C)cc32)cc1OC. The van der Waals surface area contributed by atoms with Crippen LogP contribution in [0.15, 0.2) is 146 Å². The van der Waals surface area contributed by atoms with Gasteiger partial charge < -0.3 is 47.4 Å². The van der Waals surface area contributed by atoms with Crippen molar-refractivity contribution in [2.75, 3.05) is 82.3 Å².